The molecule has 2 aromatic carbocycles. The molecule has 1 N–H and O–H groups in total. The lowest BCUT2D eigenvalue weighted by atomic mass is 10.1. The van der Waals surface area contributed by atoms with Crippen LogP contribution >= 0.6 is 23.2 Å². The van der Waals surface area contributed by atoms with Crippen LogP contribution in [0.3, 0.4) is 0 Å². The number of likely N-dealkylation sites (N-methyl/N-ethyl adjacent to an activating group) is 1. The fourth-order valence-electron chi connectivity index (χ4n) is 3.48. The summed E-state index contributed by atoms with van der Waals surface area (Å²) >= 11 is 12.2. The Kier molecular flexibility index (Phi) is 6.05. The molecule has 1 amide bonds. The van der Waals surface area contributed by atoms with Gasteiger partial charge in [0.05, 0.1) is 29.9 Å². The van der Waals surface area contributed by atoms with Crippen LogP contribution in [0.2, 0.25) is 10.0 Å². The number of amides is 1. The number of aryl methyl sites for hydroxylation is 1. The Balaban J connectivity index is 1.74. The van der Waals surface area contributed by atoms with Crippen LogP contribution in [-0.2, 0) is 16.0 Å². The first kappa shape index (κ1) is 19.7. The van der Waals surface area contributed by atoms with Gasteiger partial charge in [-0.15, -0.1) is 0 Å². The van der Waals surface area contributed by atoms with Gasteiger partial charge in [0.25, 0.3) is 0 Å². The maximum absolute atomic E-state index is 12.6. The van der Waals surface area contributed by atoms with E-state index in [0.717, 1.165) is 12.8 Å². The zero-order valence-corrected chi connectivity index (χ0v) is 16.6. The summed E-state index contributed by atoms with van der Waals surface area (Å²) < 4.78 is 4.75. The fraction of sp³-hybridized carbons (Fsp3) is 0.300. The van der Waals surface area contributed by atoms with Gasteiger partial charge in [0.1, 0.15) is 0 Å². The van der Waals surface area contributed by atoms with E-state index in [2.05, 4.69) is 17.4 Å². The number of fused-ring (bicyclic) bond motifs is 1. The summed E-state index contributed by atoms with van der Waals surface area (Å²) in [4.78, 5) is 26.6. The average molecular weight is 407 g/mol. The molecule has 0 fully saturated rings. The highest BCUT2D eigenvalue weighted by molar-refractivity contribution is 6.37. The van der Waals surface area contributed by atoms with E-state index in [1.54, 1.807) is 0 Å². The molecule has 142 valence electrons. The molecule has 1 aliphatic rings. The predicted molar refractivity (Wildman–Crippen MR) is 107 cm³/mol. The van der Waals surface area contributed by atoms with Gasteiger partial charge in [-0.1, -0.05) is 47.5 Å². The Bertz CT molecular complexity index is 886. The minimum absolute atomic E-state index is 0.122. The van der Waals surface area contributed by atoms with E-state index < -0.39 is 5.97 Å². The molecule has 5 nitrogen and oxygen atoms in total. The number of anilines is 1. The third-order valence-electron chi connectivity index (χ3n) is 4.75. The number of halogens is 2. The maximum atomic E-state index is 12.6. The zero-order valence-electron chi connectivity index (χ0n) is 15.1. The number of esters is 1. The van der Waals surface area contributed by atoms with E-state index in [-0.39, 0.29) is 39.8 Å². The molecule has 2 aromatic rings. The van der Waals surface area contributed by atoms with Gasteiger partial charge in [-0.05, 0) is 43.1 Å². The second-order valence-electron chi connectivity index (χ2n) is 6.52. The number of rotatable bonds is 5. The Morgan fingerprint density at radius 1 is 1.26 bits per heavy atom. The van der Waals surface area contributed by atoms with Crippen molar-refractivity contribution < 1.29 is 14.3 Å². The molecule has 0 saturated carbocycles. The molecule has 0 heterocycles. The fourth-order valence-corrected chi connectivity index (χ4v) is 4.02. The van der Waals surface area contributed by atoms with Crippen LogP contribution in [0.4, 0.5) is 5.69 Å². The van der Waals surface area contributed by atoms with Crippen LogP contribution in [0.15, 0.2) is 36.4 Å². The van der Waals surface area contributed by atoms with Crippen molar-refractivity contribution in [3.63, 3.8) is 0 Å². The van der Waals surface area contributed by atoms with E-state index >= 15 is 0 Å². The molecule has 0 aromatic heterocycles. The van der Waals surface area contributed by atoms with E-state index in [9.17, 15) is 9.59 Å². The molecule has 0 bridgehead atoms. The monoisotopic (exact) mass is 406 g/mol. The second-order valence-corrected chi connectivity index (χ2v) is 7.36. The Hall–Kier alpha value is -2.08. The van der Waals surface area contributed by atoms with Crippen molar-refractivity contribution in [3.05, 3.63) is 63.1 Å². The number of methoxy groups -OCH3 is 1. The average Bonchev–Trinajstić information content (AvgIpc) is 3.07. The maximum Gasteiger partial charge on any atom is 0.340 e. The molecule has 1 aliphatic carbocycles. The third-order valence-corrected chi connectivity index (χ3v) is 5.27. The van der Waals surface area contributed by atoms with Crippen molar-refractivity contribution in [2.24, 2.45) is 0 Å². The highest BCUT2D eigenvalue weighted by Crippen LogP contribution is 2.35. The van der Waals surface area contributed by atoms with Crippen molar-refractivity contribution in [2.75, 3.05) is 26.0 Å². The van der Waals surface area contributed by atoms with Crippen LogP contribution in [0.1, 0.15) is 33.9 Å². The van der Waals surface area contributed by atoms with Gasteiger partial charge in [0.15, 0.2) is 0 Å². The van der Waals surface area contributed by atoms with Gasteiger partial charge >= 0.3 is 5.97 Å². The van der Waals surface area contributed by atoms with Crippen molar-refractivity contribution in [1.29, 1.82) is 0 Å². The molecule has 0 saturated heterocycles. The molecule has 27 heavy (non-hydrogen) atoms. The van der Waals surface area contributed by atoms with Gasteiger partial charge in [-0.2, -0.15) is 0 Å². The number of carbonyl (C=O) groups is 2. The highest BCUT2D eigenvalue weighted by atomic mass is 35.5. The molecule has 3 rings (SSSR count). The summed E-state index contributed by atoms with van der Waals surface area (Å²) in [5, 5.41) is 3.20. The lowest BCUT2D eigenvalue weighted by Crippen LogP contribution is -2.33. The molecule has 1 atom stereocenters. The van der Waals surface area contributed by atoms with Crippen molar-refractivity contribution in [2.45, 2.75) is 18.9 Å². The number of nitrogens with zero attached hydrogens (tertiary/aromatic N) is 1. The van der Waals surface area contributed by atoms with Crippen molar-refractivity contribution in [3.8, 4) is 0 Å². The zero-order chi connectivity index (χ0) is 19.6. The molecule has 0 aliphatic heterocycles. The molecule has 7 heteroatoms. The SMILES string of the molecule is COC(=O)c1cc(Cl)cc(Cl)c1NC(=O)CN(C)[C@H]1CCc2ccccc21. The van der Waals surface area contributed by atoms with Gasteiger partial charge in [-0.25, -0.2) is 4.79 Å². The summed E-state index contributed by atoms with van der Waals surface area (Å²) in [7, 11) is 3.17. The summed E-state index contributed by atoms with van der Waals surface area (Å²) in [6.07, 6.45) is 1.97. The topological polar surface area (TPSA) is 58.6 Å². The van der Waals surface area contributed by atoms with Gasteiger partial charge < -0.3 is 10.1 Å². The Morgan fingerprint density at radius 2 is 2.00 bits per heavy atom. The van der Waals surface area contributed by atoms with Crippen molar-refractivity contribution >= 4 is 40.8 Å². The number of hydrogen-bond donors (Lipinski definition) is 1. The van der Waals surface area contributed by atoms with Crippen LogP contribution < -0.4 is 5.32 Å². The third kappa shape index (κ3) is 4.26. The van der Waals surface area contributed by atoms with Crippen molar-refractivity contribution in [1.82, 2.24) is 4.90 Å². The molecule has 0 radical (unpaired) electrons. The van der Waals surface area contributed by atoms with E-state index in [4.69, 9.17) is 27.9 Å². The first-order chi connectivity index (χ1) is 12.9. The molecule has 0 spiro atoms. The lowest BCUT2D eigenvalue weighted by molar-refractivity contribution is -0.117. The normalized spacial score (nSPS) is 15.5. The summed E-state index contributed by atoms with van der Waals surface area (Å²) in [5.41, 5.74) is 2.91. The number of nitrogens with one attached hydrogen (secondary N) is 1. The van der Waals surface area contributed by atoms with E-state index in [1.165, 1.54) is 30.4 Å². The predicted octanol–water partition coefficient (Wildman–Crippen LogP) is 4.34. The first-order valence-electron chi connectivity index (χ1n) is 8.56. The summed E-state index contributed by atoms with van der Waals surface area (Å²) in [5.74, 6) is -0.885. The summed E-state index contributed by atoms with van der Waals surface area (Å²) in [6.45, 7) is 0.165. The van der Waals surface area contributed by atoms with E-state index in [0.29, 0.717) is 0 Å². The molecular weight excluding hydrogens is 387 g/mol. The number of ether oxygens (including phenoxy) is 1. The largest absolute Gasteiger partial charge is 0.465 e. The molecular formula is C20H20Cl2N2O3. The standard InChI is InChI=1S/C20H20Cl2N2O3/c1-24(17-8-7-12-5-3-4-6-14(12)17)11-18(25)23-19-15(20(26)27-2)9-13(21)10-16(19)22/h3-6,9-10,17H,7-8,11H2,1-2H3,(H,23,25)/t17-/m0/s1. The van der Waals surface area contributed by atoms with Crippen LogP contribution in [-0.4, -0.2) is 37.5 Å². The van der Waals surface area contributed by atoms with Crippen LogP contribution in [0.25, 0.3) is 0 Å². The smallest absolute Gasteiger partial charge is 0.340 e. The molecule has 0 unspecified atom stereocenters. The minimum atomic E-state index is -0.618. The number of benzene rings is 2. The van der Waals surface area contributed by atoms with Crippen LogP contribution in [0.5, 0.6) is 0 Å². The van der Waals surface area contributed by atoms with Gasteiger partial charge in [-0.3, -0.25) is 9.69 Å². The first-order valence-corrected chi connectivity index (χ1v) is 9.31. The quantitative estimate of drug-likeness (QED) is 0.750. The van der Waals surface area contributed by atoms with Crippen LogP contribution in [0, 0.1) is 0 Å². The second kappa shape index (κ2) is 8.30. The lowest BCUT2D eigenvalue weighted by Gasteiger charge is -2.25. The number of hydrogen-bond acceptors (Lipinski definition) is 4. The van der Waals surface area contributed by atoms with E-state index in [1.807, 2.05) is 24.1 Å². The Morgan fingerprint density at radius 3 is 2.74 bits per heavy atom. The number of carbonyl (C=O) groups excluding carboxylic acids is 2. The minimum Gasteiger partial charge on any atom is -0.465 e. The van der Waals surface area contributed by atoms with Gasteiger partial charge in [0, 0.05) is 11.1 Å². The van der Waals surface area contributed by atoms with Gasteiger partial charge in [0.2, 0.25) is 5.91 Å². The highest BCUT2D eigenvalue weighted by Gasteiger charge is 2.27. The summed E-state index contributed by atoms with van der Waals surface area (Å²) in [6, 6.07) is 11.4. The Labute approximate surface area is 168 Å².